The highest BCUT2D eigenvalue weighted by atomic mass is 79.9. The molecule has 0 saturated heterocycles. The Morgan fingerprint density at radius 2 is 2.17 bits per heavy atom. The van der Waals surface area contributed by atoms with Crippen molar-refractivity contribution in [3.05, 3.63) is 51.9 Å². The van der Waals surface area contributed by atoms with Crippen molar-refractivity contribution >= 4 is 27.4 Å². The molecule has 0 saturated carbocycles. The van der Waals surface area contributed by atoms with Gasteiger partial charge in [0, 0.05) is 22.9 Å². The number of anilines is 2. The molecule has 0 bridgehead atoms. The molecule has 0 unspecified atom stereocenters. The third kappa shape index (κ3) is 1.90. The molecule has 0 fully saturated rings. The van der Waals surface area contributed by atoms with Crippen LogP contribution in [-0.4, -0.2) is 11.5 Å². The highest BCUT2D eigenvalue weighted by Gasteiger charge is 2.23. The van der Waals surface area contributed by atoms with Gasteiger partial charge in [-0.05, 0) is 58.6 Å². The number of pyridine rings is 1. The molecule has 2 heterocycles. The fourth-order valence-electron chi connectivity index (χ4n) is 2.39. The summed E-state index contributed by atoms with van der Waals surface area (Å²) in [5.41, 5.74) is 3.20. The monoisotopic (exact) mass is 306 g/mol. The zero-order chi connectivity index (χ0) is 12.7. The maximum absolute atomic E-state index is 13.4. The van der Waals surface area contributed by atoms with Gasteiger partial charge in [0.05, 0.1) is 0 Å². The second-order valence-electron chi connectivity index (χ2n) is 4.47. The number of fused-ring (bicyclic) bond motifs is 1. The number of nitrogens with zero attached hydrogens (tertiary/aromatic N) is 2. The van der Waals surface area contributed by atoms with E-state index in [0.717, 1.165) is 34.5 Å². The second-order valence-corrected chi connectivity index (χ2v) is 5.38. The minimum atomic E-state index is -0.199. The third-order valence-corrected chi connectivity index (χ3v) is 3.65. The first-order valence-electron chi connectivity index (χ1n) is 5.83. The Kier molecular flexibility index (Phi) is 2.82. The molecule has 3 rings (SSSR count). The molecule has 18 heavy (non-hydrogen) atoms. The summed E-state index contributed by atoms with van der Waals surface area (Å²) in [5.74, 6) is 0.706. The Morgan fingerprint density at radius 1 is 1.33 bits per heavy atom. The minimum Gasteiger partial charge on any atom is -0.325 e. The van der Waals surface area contributed by atoms with Crippen molar-refractivity contribution in [2.75, 3.05) is 11.4 Å². The smallest absolute Gasteiger partial charge is 0.135 e. The normalized spacial score (nSPS) is 13.8. The van der Waals surface area contributed by atoms with Gasteiger partial charge in [-0.2, -0.15) is 0 Å². The summed E-state index contributed by atoms with van der Waals surface area (Å²) in [4.78, 5) is 6.53. The number of halogens is 2. The van der Waals surface area contributed by atoms with Crippen molar-refractivity contribution in [3.63, 3.8) is 0 Å². The maximum Gasteiger partial charge on any atom is 0.135 e. The lowest BCUT2D eigenvalue weighted by Gasteiger charge is -2.20. The van der Waals surface area contributed by atoms with Gasteiger partial charge in [0.15, 0.2) is 0 Å². The lowest BCUT2D eigenvalue weighted by Crippen LogP contribution is -2.16. The van der Waals surface area contributed by atoms with E-state index in [0.29, 0.717) is 0 Å². The summed E-state index contributed by atoms with van der Waals surface area (Å²) in [6, 6.07) is 6.99. The first-order valence-corrected chi connectivity index (χ1v) is 6.62. The van der Waals surface area contributed by atoms with E-state index >= 15 is 0 Å². The van der Waals surface area contributed by atoms with Crippen LogP contribution in [-0.2, 0) is 6.42 Å². The van der Waals surface area contributed by atoms with E-state index in [9.17, 15) is 4.39 Å². The molecule has 1 aliphatic rings. The van der Waals surface area contributed by atoms with Crippen LogP contribution in [0.1, 0.15) is 11.1 Å². The number of hydrogen-bond donors (Lipinski definition) is 0. The van der Waals surface area contributed by atoms with Crippen molar-refractivity contribution < 1.29 is 4.39 Å². The van der Waals surface area contributed by atoms with E-state index in [4.69, 9.17) is 0 Å². The van der Waals surface area contributed by atoms with Gasteiger partial charge in [-0.3, -0.25) is 0 Å². The fraction of sp³-hybridized carbons (Fsp3) is 0.214. The van der Waals surface area contributed by atoms with E-state index in [1.165, 1.54) is 11.6 Å². The topological polar surface area (TPSA) is 16.1 Å². The molecule has 4 heteroatoms. The van der Waals surface area contributed by atoms with E-state index < -0.39 is 0 Å². The van der Waals surface area contributed by atoms with Crippen LogP contribution >= 0.6 is 15.9 Å². The van der Waals surface area contributed by atoms with Crippen molar-refractivity contribution in [2.24, 2.45) is 0 Å². The predicted molar refractivity (Wildman–Crippen MR) is 73.8 cm³/mol. The Bertz CT molecular complexity index is 613. The average molecular weight is 307 g/mol. The predicted octanol–water partition coefficient (Wildman–Crippen LogP) is 3.99. The second kappa shape index (κ2) is 4.35. The molecule has 2 nitrogen and oxygen atoms in total. The number of benzene rings is 1. The zero-order valence-corrected chi connectivity index (χ0v) is 11.5. The minimum absolute atomic E-state index is 0.199. The van der Waals surface area contributed by atoms with E-state index in [2.05, 4.69) is 25.8 Å². The number of aryl methyl sites for hydroxylation is 1. The molecule has 0 N–H and O–H groups in total. The van der Waals surface area contributed by atoms with Crippen LogP contribution in [0.4, 0.5) is 15.9 Å². The average Bonchev–Trinajstić information content (AvgIpc) is 2.72. The van der Waals surface area contributed by atoms with Gasteiger partial charge < -0.3 is 4.90 Å². The quantitative estimate of drug-likeness (QED) is 0.792. The van der Waals surface area contributed by atoms with E-state index in [1.807, 2.05) is 19.1 Å². The highest BCUT2D eigenvalue weighted by molar-refractivity contribution is 9.10. The van der Waals surface area contributed by atoms with Gasteiger partial charge in [0.25, 0.3) is 0 Å². The summed E-state index contributed by atoms with van der Waals surface area (Å²) in [7, 11) is 0. The van der Waals surface area contributed by atoms with E-state index in [1.54, 1.807) is 12.3 Å². The SMILES string of the molecule is Cc1cc(Br)cnc1N1CCc2ccc(F)cc21. The Labute approximate surface area is 114 Å². The van der Waals surface area contributed by atoms with Gasteiger partial charge in [-0.1, -0.05) is 6.07 Å². The molecule has 0 amide bonds. The van der Waals surface area contributed by atoms with Crippen molar-refractivity contribution in [2.45, 2.75) is 13.3 Å². The van der Waals surface area contributed by atoms with E-state index in [-0.39, 0.29) is 5.82 Å². The summed E-state index contributed by atoms with van der Waals surface area (Å²) in [5, 5.41) is 0. The van der Waals surface area contributed by atoms with Crippen LogP contribution < -0.4 is 4.90 Å². The van der Waals surface area contributed by atoms with Gasteiger partial charge in [-0.15, -0.1) is 0 Å². The third-order valence-electron chi connectivity index (χ3n) is 3.22. The molecule has 0 spiro atoms. The van der Waals surface area contributed by atoms with Gasteiger partial charge in [-0.25, -0.2) is 9.37 Å². The van der Waals surface area contributed by atoms with Crippen LogP contribution in [0, 0.1) is 12.7 Å². The van der Waals surface area contributed by atoms with Crippen LogP contribution in [0.3, 0.4) is 0 Å². The molecule has 2 aromatic rings. The Balaban J connectivity index is 2.08. The molecule has 0 radical (unpaired) electrons. The first-order chi connectivity index (χ1) is 8.65. The summed E-state index contributed by atoms with van der Waals surface area (Å²) in [6.07, 6.45) is 2.71. The van der Waals surface area contributed by atoms with Crippen LogP contribution in [0.5, 0.6) is 0 Å². The van der Waals surface area contributed by atoms with Gasteiger partial charge in [0.2, 0.25) is 0 Å². The molecule has 92 valence electrons. The maximum atomic E-state index is 13.4. The molecule has 1 aromatic carbocycles. The molecular weight excluding hydrogens is 295 g/mol. The van der Waals surface area contributed by atoms with Gasteiger partial charge in [0.1, 0.15) is 11.6 Å². The van der Waals surface area contributed by atoms with Crippen LogP contribution in [0.2, 0.25) is 0 Å². The molecule has 1 aliphatic heterocycles. The lowest BCUT2D eigenvalue weighted by atomic mass is 10.1. The molecule has 0 atom stereocenters. The van der Waals surface area contributed by atoms with Crippen molar-refractivity contribution in [1.82, 2.24) is 4.98 Å². The number of rotatable bonds is 1. The Morgan fingerprint density at radius 3 is 2.94 bits per heavy atom. The van der Waals surface area contributed by atoms with Crippen molar-refractivity contribution in [3.8, 4) is 0 Å². The Hall–Kier alpha value is -1.42. The number of aromatic nitrogens is 1. The van der Waals surface area contributed by atoms with Gasteiger partial charge >= 0.3 is 0 Å². The lowest BCUT2D eigenvalue weighted by molar-refractivity contribution is 0.628. The molecule has 1 aromatic heterocycles. The summed E-state index contributed by atoms with van der Waals surface area (Å²) < 4.78 is 14.3. The summed E-state index contributed by atoms with van der Waals surface area (Å²) in [6.45, 7) is 2.87. The largest absolute Gasteiger partial charge is 0.325 e. The molecule has 0 aliphatic carbocycles. The van der Waals surface area contributed by atoms with Crippen LogP contribution in [0.15, 0.2) is 34.9 Å². The first kappa shape index (κ1) is 11.7. The summed E-state index contributed by atoms with van der Waals surface area (Å²) >= 11 is 3.41. The fourth-order valence-corrected chi connectivity index (χ4v) is 2.83. The number of hydrogen-bond acceptors (Lipinski definition) is 2. The molecular formula is C14H12BrFN2. The van der Waals surface area contributed by atoms with Crippen LogP contribution in [0.25, 0.3) is 0 Å². The standard InChI is InChI=1S/C14H12BrFN2/c1-9-6-11(15)8-17-14(9)18-5-4-10-2-3-12(16)7-13(10)18/h2-3,6-8H,4-5H2,1H3. The van der Waals surface area contributed by atoms with Crippen molar-refractivity contribution in [1.29, 1.82) is 0 Å². The zero-order valence-electron chi connectivity index (χ0n) is 9.95. The highest BCUT2D eigenvalue weighted by Crippen LogP contribution is 2.35.